The predicted molar refractivity (Wildman–Crippen MR) is 132 cm³/mol. The van der Waals surface area contributed by atoms with Crippen molar-refractivity contribution in [2.45, 2.75) is 72.2 Å². The Hall–Kier alpha value is -2.78. The van der Waals surface area contributed by atoms with Crippen LogP contribution in [0.25, 0.3) is 10.4 Å². The van der Waals surface area contributed by atoms with Gasteiger partial charge in [-0.05, 0) is 30.4 Å². The van der Waals surface area contributed by atoms with Crippen LogP contribution in [0, 0.1) is 12.3 Å². The maximum absolute atomic E-state index is 13.3. The Labute approximate surface area is 204 Å². The van der Waals surface area contributed by atoms with Crippen LogP contribution in [0.3, 0.4) is 0 Å². The molecule has 1 aliphatic rings. The molecule has 34 heavy (non-hydrogen) atoms. The maximum atomic E-state index is 13.3. The number of thiazole rings is 1. The molecule has 1 fully saturated rings. The third-order valence-electron chi connectivity index (χ3n) is 6.10. The van der Waals surface area contributed by atoms with E-state index in [0.29, 0.717) is 0 Å². The van der Waals surface area contributed by atoms with Gasteiger partial charge in [0.25, 0.3) is 0 Å². The van der Waals surface area contributed by atoms with Gasteiger partial charge in [-0.3, -0.25) is 14.4 Å². The van der Waals surface area contributed by atoms with E-state index in [-0.39, 0.29) is 36.7 Å². The van der Waals surface area contributed by atoms with E-state index in [2.05, 4.69) is 15.6 Å². The highest BCUT2D eigenvalue weighted by Crippen LogP contribution is 2.29. The minimum Gasteiger partial charge on any atom is -0.391 e. The smallest absolute Gasteiger partial charge is 0.246 e. The molecule has 8 nitrogen and oxygen atoms in total. The quantitative estimate of drug-likeness (QED) is 0.581. The first-order valence-corrected chi connectivity index (χ1v) is 12.3. The summed E-state index contributed by atoms with van der Waals surface area (Å²) < 4.78 is 0. The number of likely N-dealkylation sites (tertiary alicyclic amines) is 1. The lowest BCUT2D eigenvalue weighted by molar-refractivity contribution is -0.144. The number of aromatic nitrogens is 1. The Kier molecular flexibility index (Phi) is 7.77. The molecule has 0 radical (unpaired) electrons. The molecule has 2 aromatic rings. The summed E-state index contributed by atoms with van der Waals surface area (Å²) in [6.07, 6.45) is -0.639. The molecule has 0 bridgehead atoms. The summed E-state index contributed by atoms with van der Waals surface area (Å²) in [4.78, 5) is 45.0. The number of nitrogens with one attached hydrogen (secondary N) is 2. The Bertz CT molecular complexity index is 1040. The number of rotatable bonds is 6. The number of β-amino-alcohol motifs (C(OH)–C–C–N with tert-alkyl or cyclic N) is 1. The molecule has 1 aromatic heterocycles. The van der Waals surface area contributed by atoms with E-state index in [1.54, 1.807) is 11.3 Å². The molecule has 3 N–H and O–H groups in total. The van der Waals surface area contributed by atoms with Gasteiger partial charge < -0.3 is 20.6 Å². The van der Waals surface area contributed by atoms with E-state index in [0.717, 1.165) is 21.7 Å². The molecule has 2 heterocycles. The Morgan fingerprint density at radius 3 is 2.35 bits per heavy atom. The summed E-state index contributed by atoms with van der Waals surface area (Å²) in [6, 6.07) is 6.07. The second kappa shape index (κ2) is 10.2. The molecule has 1 aromatic carbocycles. The zero-order valence-corrected chi connectivity index (χ0v) is 21.4. The van der Waals surface area contributed by atoms with E-state index in [1.165, 1.54) is 11.8 Å². The molecule has 1 aliphatic heterocycles. The van der Waals surface area contributed by atoms with Gasteiger partial charge in [0.2, 0.25) is 17.7 Å². The maximum Gasteiger partial charge on any atom is 0.246 e. The highest BCUT2D eigenvalue weighted by Gasteiger charge is 2.44. The normalized spacial score (nSPS) is 20.0. The van der Waals surface area contributed by atoms with Crippen LogP contribution in [-0.2, 0) is 14.4 Å². The van der Waals surface area contributed by atoms with E-state index in [4.69, 9.17) is 0 Å². The van der Waals surface area contributed by atoms with Crippen LogP contribution in [-0.4, -0.2) is 57.4 Å². The minimum absolute atomic E-state index is 0.0559. The van der Waals surface area contributed by atoms with E-state index >= 15 is 0 Å². The molecule has 0 spiro atoms. The second-order valence-electron chi connectivity index (χ2n) is 10.0. The number of nitrogens with zero attached hydrogens (tertiary/aromatic N) is 2. The fourth-order valence-electron chi connectivity index (χ4n) is 4.22. The van der Waals surface area contributed by atoms with Gasteiger partial charge in [0.1, 0.15) is 12.1 Å². The molecule has 3 amide bonds. The molecule has 9 heteroatoms. The molecule has 4 atom stereocenters. The number of aryl methyl sites for hydroxylation is 1. The predicted octanol–water partition coefficient (Wildman–Crippen LogP) is 2.81. The van der Waals surface area contributed by atoms with Crippen molar-refractivity contribution >= 4 is 29.1 Å². The number of hydrogen-bond acceptors (Lipinski definition) is 6. The summed E-state index contributed by atoms with van der Waals surface area (Å²) in [5.41, 5.74) is 4.26. The van der Waals surface area contributed by atoms with E-state index in [9.17, 15) is 19.5 Å². The first kappa shape index (κ1) is 25.8. The summed E-state index contributed by atoms with van der Waals surface area (Å²) in [7, 11) is 0. The van der Waals surface area contributed by atoms with Crippen LogP contribution in [0.1, 0.15) is 58.3 Å². The topological polar surface area (TPSA) is 112 Å². The lowest BCUT2D eigenvalue weighted by Gasteiger charge is -2.35. The first-order chi connectivity index (χ1) is 15.9. The van der Waals surface area contributed by atoms with Crippen molar-refractivity contribution in [2.75, 3.05) is 6.54 Å². The van der Waals surface area contributed by atoms with Gasteiger partial charge in [-0.2, -0.15) is 0 Å². The number of carbonyl (C=O) groups excluding carboxylic acids is 3. The van der Waals surface area contributed by atoms with Crippen molar-refractivity contribution in [3.63, 3.8) is 0 Å². The van der Waals surface area contributed by atoms with E-state index < -0.39 is 23.6 Å². The number of carbonyl (C=O) groups is 3. The molecule has 1 saturated heterocycles. The highest BCUT2D eigenvalue weighted by molar-refractivity contribution is 7.13. The molecular formula is C25H34N4O4S. The van der Waals surface area contributed by atoms with Gasteiger partial charge in [0, 0.05) is 19.9 Å². The van der Waals surface area contributed by atoms with Gasteiger partial charge in [0.05, 0.1) is 28.2 Å². The van der Waals surface area contributed by atoms with Crippen LogP contribution in [0.4, 0.5) is 0 Å². The summed E-state index contributed by atoms with van der Waals surface area (Å²) in [5.74, 6) is -1.01. The van der Waals surface area contributed by atoms with Gasteiger partial charge in [0.15, 0.2) is 0 Å². The Balaban J connectivity index is 1.72. The number of aliphatic hydroxyl groups excluding tert-OH is 1. The summed E-state index contributed by atoms with van der Waals surface area (Å²) in [6.45, 7) is 10.8. The number of amides is 3. The fourth-order valence-corrected chi connectivity index (χ4v) is 5.03. The van der Waals surface area contributed by atoms with Crippen molar-refractivity contribution in [2.24, 2.45) is 5.41 Å². The molecule has 0 saturated carbocycles. The average Bonchev–Trinajstić information content (AvgIpc) is 3.36. The van der Waals surface area contributed by atoms with Crippen molar-refractivity contribution < 1.29 is 19.5 Å². The lowest BCUT2D eigenvalue weighted by Crippen LogP contribution is -2.57. The standard InChI is InChI=1S/C25H34N4O4S/c1-14(17-7-9-18(10-8-17)21-15(2)26-13-34-21)27-23(32)20-11-19(31)12-29(20)24(33)22(25(4,5)6)28-16(3)30/h7-10,13-14,19-20,22,31H,11-12H2,1-6H3,(H,27,32)(H,28,30)/t14-,19?,20?,22?/m0/s1. The van der Waals surface area contributed by atoms with Crippen molar-refractivity contribution in [1.82, 2.24) is 20.5 Å². The highest BCUT2D eigenvalue weighted by atomic mass is 32.1. The van der Waals surface area contributed by atoms with Gasteiger partial charge >= 0.3 is 0 Å². The number of hydrogen-bond donors (Lipinski definition) is 3. The molecular weight excluding hydrogens is 452 g/mol. The monoisotopic (exact) mass is 486 g/mol. The number of benzene rings is 1. The zero-order valence-electron chi connectivity index (χ0n) is 20.6. The Morgan fingerprint density at radius 1 is 1.18 bits per heavy atom. The van der Waals surface area contributed by atoms with Crippen molar-refractivity contribution in [3.05, 3.63) is 41.0 Å². The molecule has 0 aliphatic carbocycles. The van der Waals surface area contributed by atoms with Crippen LogP contribution < -0.4 is 10.6 Å². The molecule has 3 rings (SSSR count). The average molecular weight is 487 g/mol. The first-order valence-electron chi connectivity index (χ1n) is 11.4. The van der Waals surface area contributed by atoms with Crippen LogP contribution in [0.5, 0.6) is 0 Å². The molecule has 184 valence electrons. The Morgan fingerprint density at radius 2 is 1.82 bits per heavy atom. The number of aliphatic hydroxyl groups is 1. The van der Waals surface area contributed by atoms with Crippen LogP contribution in [0.2, 0.25) is 0 Å². The van der Waals surface area contributed by atoms with Gasteiger partial charge in [-0.25, -0.2) is 4.98 Å². The van der Waals surface area contributed by atoms with Gasteiger partial charge in [-0.1, -0.05) is 45.0 Å². The third kappa shape index (κ3) is 5.82. The lowest BCUT2D eigenvalue weighted by atomic mass is 9.85. The SMILES string of the molecule is CC(=O)NC(C(=O)N1CC(O)CC1C(=O)N[C@@H](C)c1ccc(-c2scnc2C)cc1)C(C)(C)C. The summed E-state index contributed by atoms with van der Waals surface area (Å²) in [5, 5.41) is 16.0. The van der Waals surface area contributed by atoms with Crippen molar-refractivity contribution in [1.29, 1.82) is 0 Å². The second-order valence-corrected chi connectivity index (χ2v) is 10.9. The fraction of sp³-hybridized carbons (Fsp3) is 0.520. The zero-order chi connectivity index (χ0) is 25.2. The van der Waals surface area contributed by atoms with Crippen molar-refractivity contribution in [3.8, 4) is 10.4 Å². The van der Waals surface area contributed by atoms with Gasteiger partial charge in [-0.15, -0.1) is 11.3 Å². The van der Waals surface area contributed by atoms with Crippen LogP contribution in [0.15, 0.2) is 29.8 Å². The largest absolute Gasteiger partial charge is 0.391 e. The van der Waals surface area contributed by atoms with Crippen LogP contribution >= 0.6 is 11.3 Å². The third-order valence-corrected chi connectivity index (χ3v) is 7.08. The van der Waals surface area contributed by atoms with E-state index in [1.807, 2.05) is 64.4 Å². The molecule has 3 unspecified atom stereocenters. The summed E-state index contributed by atoms with van der Waals surface area (Å²) >= 11 is 1.59. The minimum atomic E-state index is -0.803.